The molecule has 0 aliphatic rings. The normalized spacial score (nSPS) is 12.0. The summed E-state index contributed by atoms with van der Waals surface area (Å²) in [6.07, 6.45) is -0.871. The van der Waals surface area contributed by atoms with Crippen LogP contribution in [-0.2, 0) is 0 Å². The molecule has 4 aromatic rings. The summed E-state index contributed by atoms with van der Waals surface area (Å²) in [4.78, 5) is 4.64. The number of hydrazine groups is 1. The van der Waals surface area contributed by atoms with Crippen molar-refractivity contribution in [3.63, 3.8) is 0 Å². The molecule has 1 aromatic heterocycles. The minimum Gasteiger partial charge on any atom is -0.460 e. The number of halogens is 1. The molecule has 8 heteroatoms. The molecule has 5 N–H and O–H groups in total. The van der Waals surface area contributed by atoms with Gasteiger partial charge in [0.25, 0.3) is 0 Å². The molecular weight excluding hydrogens is 431 g/mol. The van der Waals surface area contributed by atoms with Crippen molar-refractivity contribution in [2.75, 3.05) is 0 Å². The van der Waals surface area contributed by atoms with Crippen LogP contribution in [-0.4, -0.2) is 10.8 Å². The van der Waals surface area contributed by atoms with Crippen molar-refractivity contribution >= 4 is 5.84 Å². The number of pyridine rings is 1. The summed E-state index contributed by atoms with van der Waals surface area (Å²) in [7, 11) is 0. The molecule has 168 valence electrons. The Morgan fingerprint density at radius 3 is 2.24 bits per heavy atom. The molecule has 34 heavy (non-hydrogen) atoms. The predicted molar refractivity (Wildman–Crippen MR) is 129 cm³/mol. The number of hydrogen-bond acceptors (Lipinski definition) is 6. The third-order valence-electron chi connectivity index (χ3n) is 5.12. The highest BCUT2D eigenvalue weighted by Crippen LogP contribution is 2.35. The zero-order valence-corrected chi connectivity index (χ0v) is 18.0. The Morgan fingerprint density at radius 2 is 1.62 bits per heavy atom. The molecule has 0 aliphatic carbocycles. The second-order valence-electron chi connectivity index (χ2n) is 7.29. The lowest BCUT2D eigenvalue weighted by atomic mass is 9.98. The van der Waals surface area contributed by atoms with Crippen molar-refractivity contribution < 1.29 is 9.13 Å². The van der Waals surface area contributed by atoms with Gasteiger partial charge in [-0.1, -0.05) is 72.8 Å². The fraction of sp³-hybridized carbons (Fsp3) is 0.0385. The number of rotatable bonds is 7. The van der Waals surface area contributed by atoms with Crippen LogP contribution in [0.4, 0.5) is 4.39 Å². The first-order chi connectivity index (χ1) is 16.6. The van der Waals surface area contributed by atoms with Crippen molar-refractivity contribution in [3.05, 3.63) is 108 Å². The molecule has 0 saturated heterocycles. The number of benzene rings is 3. The summed E-state index contributed by atoms with van der Waals surface area (Å²) in [6, 6.07) is 28.5. The predicted octanol–water partition coefficient (Wildman–Crippen LogP) is 4.28. The summed E-state index contributed by atoms with van der Waals surface area (Å²) in [5, 5.41) is 13.9. The Kier molecular flexibility index (Phi) is 6.77. The zero-order valence-electron chi connectivity index (χ0n) is 18.0. The first-order valence-electron chi connectivity index (χ1n) is 10.4. The Hall–Kier alpha value is -4.74. The zero-order chi connectivity index (χ0) is 23.9. The summed E-state index contributed by atoms with van der Waals surface area (Å²) in [6.45, 7) is 0. The number of nitriles is 1. The number of amidine groups is 1. The molecule has 1 unspecified atom stereocenters. The van der Waals surface area contributed by atoms with Gasteiger partial charge in [0.2, 0.25) is 5.88 Å². The largest absolute Gasteiger partial charge is 0.460 e. The molecule has 0 amide bonds. The third-order valence-corrected chi connectivity index (χ3v) is 5.12. The van der Waals surface area contributed by atoms with E-state index in [0.717, 1.165) is 5.56 Å². The van der Waals surface area contributed by atoms with E-state index in [0.29, 0.717) is 22.4 Å². The summed E-state index contributed by atoms with van der Waals surface area (Å²) < 4.78 is 19.8. The van der Waals surface area contributed by atoms with Gasteiger partial charge in [0.05, 0.1) is 5.69 Å². The molecule has 0 aliphatic heterocycles. The number of nitrogens with two attached hydrogens (primary N) is 2. The van der Waals surface area contributed by atoms with E-state index in [9.17, 15) is 9.65 Å². The van der Waals surface area contributed by atoms with Crippen molar-refractivity contribution in [3.8, 4) is 34.3 Å². The van der Waals surface area contributed by atoms with E-state index in [-0.39, 0.29) is 23.1 Å². The van der Waals surface area contributed by atoms with Crippen LogP contribution in [0.3, 0.4) is 0 Å². The fourth-order valence-electron chi connectivity index (χ4n) is 3.50. The van der Waals surface area contributed by atoms with Crippen LogP contribution >= 0.6 is 0 Å². The van der Waals surface area contributed by atoms with Crippen LogP contribution in [0, 0.1) is 17.1 Å². The number of nitrogens with zero attached hydrogens (tertiary/aromatic N) is 3. The molecule has 4 rings (SSSR count). The maximum atomic E-state index is 13.6. The lowest BCUT2D eigenvalue weighted by Crippen LogP contribution is -2.31. The molecule has 0 saturated carbocycles. The Balaban J connectivity index is 1.91. The number of hydrogen-bond donors (Lipinski definition) is 3. The van der Waals surface area contributed by atoms with Crippen molar-refractivity contribution in [1.82, 2.24) is 10.5 Å². The maximum Gasteiger partial charge on any atom is 0.233 e. The molecule has 0 bridgehead atoms. The molecule has 3 aromatic carbocycles. The van der Waals surface area contributed by atoms with Crippen LogP contribution in [0.15, 0.2) is 96.1 Å². The van der Waals surface area contributed by atoms with Gasteiger partial charge in [-0.2, -0.15) is 5.26 Å². The van der Waals surface area contributed by atoms with Crippen molar-refractivity contribution in [2.24, 2.45) is 16.7 Å². The standard InChI is InChI=1S/C26H21FN6O/c27-20-13-11-17(12-14-20)21-15-23(18-7-3-1-4-8-18)31-26(22(21)16-28)34-24(25(29)32-33-30)19-9-5-2-6-10-19/h1-15,24,33H,30H2,(H2,29,32). The van der Waals surface area contributed by atoms with Crippen LogP contribution < -0.4 is 21.8 Å². The van der Waals surface area contributed by atoms with Crippen molar-refractivity contribution in [2.45, 2.75) is 6.10 Å². The van der Waals surface area contributed by atoms with E-state index in [4.69, 9.17) is 16.3 Å². The maximum absolute atomic E-state index is 13.6. The van der Waals surface area contributed by atoms with Gasteiger partial charge >= 0.3 is 0 Å². The average Bonchev–Trinajstić information content (AvgIpc) is 2.88. The van der Waals surface area contributed by atoms with Crippen molar-refractivity contribution in [1.29, 1.82) is 5.26 Å². The number of ether oxygens (including phenoxy) is 1. The van der Waals surface area contributed by atoms with Crippen LogP contribution in [0.5, 0.6) is 5.88 Å². The highest BCUT2D eigenvalue weighted by Gasteiger charge is 2.24. The van der Waals surface area contributed by atoms with E-state index >= 15 is 0 Å². The minimum atomic E-state index is -0.871. The van der Waals surface area contributed by atoms with E-state index in [1.165, 1.54) is 12.1 Å². The molecule has 0 spiro atoms. The first-order valence-corrected chi connectivity index (χ1v) is 10.4. The first kappa shape index (κ1) is 22.5. The van der Waals surface area contributed by atoms with E-state index in [2.05, 4.69) is 21.7 Å². The Bertz CT molecular complexity index is 1340. The molecule has 7 nitrogen and oxygen atoms in total. The summed E-state index contributed by atoms with van der Waals surface area (Å²) in [5.74, 6) is 5.07. The van der Waals surface area contributed by atoms with Gasteiger partial charge < -0.3 is 10.5 Å². The monoisotopic (exact) mass is 452 g/mol. The highest BCUT2D eigenvalue weighted by atomic mass is 19.1. The van der Waals surface area contributed by atoms with Gasteiger partial charge in [-0.05, 0) is 23.8 Å². The third kappa shape index (κ3) is 4.85. The molecule has 0 fully saturated rings. The number of aromatic nitrogens is 1. The van der Waals surface area contributed by atoms with Gasteiger partial charge in [-0.25, -0.2) is 20.8 Å². The lowest BCUT2D eigenvalue weighted by Gasteiger charge is -2.20. The van der Waals surface area contributed by atoms with Gasteiger partial charge in [0.15, 0.2) is 11.9 Å². The molecule has 1 heterocycles. The average molecular weight is 452 g/mol. The second-order valence-corrected chi connectivity index (χ2v) is 7.29. The Morgan fingerprint density at radius 1 is 0.971 bits per heavy atom. The highest BCUT2D eigenvalue weighted by molar-refractivity contribution is 5.86. The van der Waals surface area contributed by atoms with E-state index in [1.807, 2.05) is 60.7 Å². The smallest absolute Gasteiger partial charge is 0.233 e. The minimum absolute atomic E-state index is 0.0489. The molecule has 0 radical (unpaired) electrons. The Labute approximate surface area is 196 Å². The van der Waals surface area contributed by atoms with Crippen LogP contribution in [0.25, 0.3) is 22.4 Å². The quantitative estimate of drug-likeness (QED) is 0.166. The molecule has 1 atom stereocenters. The number of hydrazone groups is 1. The summed E-state index contributed by atoms with van der Waals surface area (Å²) in [5.41, 5.74) is 11.8. The summed E-state index contributed by atoms with van der Waals surface area (Å²) >= 11 is 0. The lowest BCUT2D eigenvalue weighted by molar-refractivity contribution is 0.259. The fourth-order valence-corrected chi connectivity index (χ4v) is 3.50. The van der Waals surface area contributed by atoms with Gasteiger partial charge in [-0.3, -0.25) is 0 Å². The number of nitrogens with one attached hydrogen (secondary N) is 1. The van der Waals surface area contributed by atoms with Crippen LogP contribution in [0.1, 0.15) is 17.2 Å². The SMILES string of the molecule is N#Cc1c(-c2ccc(F)cc2)cc(-c2ccccc2)nc1OC(/C(N)=N/NN)c1ccccc1. The van der Waals surface area contributed by atoms with Crippen LogP contribution in [0.2, 0.25) is 0 Å². The van der Waals surface area contributed by atoms with Gasteiger partial charge in [0, 0.05) is 16.7 Å². The molecular formula is C26H21FN6O. The van der Waals surface area contributed by atoms with Gasteiger partial charge in [-0.15, -0.1) is 5.10 Å². The second kappa shape index (κ2) is 10.3. The topological polar surface area (TPSA) is 122 Å². The van der Waals surface area contributed by atoms with Gasteiger partial charge in [0.1, 0.15) is 17.4 Å². The van der Waals surface area contributed by atoms with E-state index in [1.54, 1.807) is 18.2 Å². The van der Waals surface area contributed by atoms with E-state index < -0.39 is 6.10 Å².